The lowest BCUT2D eigenvalue weighted by molar-refractivity contribution is 0.161. The topological polar surface area (TPSA) is 20.2 Å². The van der Waals surface area contributed by atoms with Gasteiger partial charge in [-0.25, -0.2) is 0 Å². The highest BCUT2D eigenvalue weighted by atomic mass is 16.3. The molecule has 0 bridgehead atoms. The van der Waals surface area contributed by atoms with Crippen molar-refractivity contribution in [1.29, 1.82) is 0 Å². The van der Waals surface area contributed by atoms with Gasteiger partial charge < -0.3 is 5.11 Å². The molecule has 0 aromatic heterocycles. The molecular formula is C15H26O. The first-order chi connectivity index (χ1) is 7.44. The third kappa shape index (κ3) is 2.07. The number of hydrogen-bond acceptors (Lipinski definition) is 1. The number of rotatable bonds is 1. The Labute approximate surface area is 99.9 Å². The second kappa shape index (κ2) is 4.18. The minimum Gasteiger partial charge on any atom is -0.392 e. The Kier molecular flexibility index (Phi) is 3.18. The molecule has 2 saturated carbocycles. The molecule has 0 saturated heterocycles. The molecule has 0 amide bonds. The molecule has 0 aromatic rings. The molecule has 0 radical (unpaired) electrons. The van der Waals surface area contributed by atoms with E-state index < -0.39 is 0 Å². The van der Waals surface area contributed by atoms with Gasteiger partial charge >= 0.3 is 0 Å². The highest BCUT2D eigenvalue weighted by Crippen LogP contribution is 2.54. The van der Waals surface area contributed by atoms with E-state index in [2.05, 4.69) is 27.7 Å². The van der Waals surface area contributed by atoms with E-state index in [-0.39, 0.29) is 6.61 Å². The lowest BCUT2D eigenvalue weighted by Crippen LogP contribution is -2.31. The molecule has 3 atom stereocenters. The zero-order valence-corrected chi connectivity index (χ0v) is 11.2. The minimum absolute atomic E-state index is 0.253. The van der Waals surface area contributed by atoms with E-state index >= 15 is 0 Å². The predicted octanol–water partition coefficient (Wildman–Crippen LogP) is 3.78. The van der Waals surface area contributed by atoms with E-state index in [9.17, 15) is 5.11 Å². The maximum Gasteiger partial charge on any atom is 0.0641 e. The first-order valence-corrected chi connectivity index (χ1v) is 6.74. The van der Waals surface area contributed by atoms with Crippen molar-refractivity contribution in [3.8, 4) is 0 Å². The van der Waals surface area contributed by atoms with Crippen LogP contribution >= 0.6 is 0 Å². The van der Waals surface area contributed by atoms with Crippen LogP contribution in [-0.2, 0) is 0 Å². The number of fused-ring (bicyclic) bond motifs is 1. The van der Waals surface area contributed by atoms with Gasteiger partial charge in [0.2, 0.25) is 0 Å². The molecule has 0 aromatic carbocycles. The average molecular weight is 222 g/mol. The van der Waals surface area contributed by atoms with Crippen LogP contribution in [0, 0.1) is 23.2 Å². The van der Waals surface area contributed by atoms with Crippen molar-refractivity contribution < 1.29 is 5.11 Å². The summed E-state index contributed by atoms with van der Waals surface area (Å²) in [5.41, 5.74) is 3.27. The summed E-state index contributed by atoms with van der Waals surface area (Å²) in [6.07, 6.45) is 5.32. The zero-order valence-electron chi connectivity index (χ0n) is 11.2. The summed E-state index contributed by atoms with van der Waals surface area (Å²) >= 11 is 0. The SMILES string of the molecule is CC(CO)=C1CC(C)(C)C[C@@H]2[C@@H]1CC[C@@H]2C. The molecule has 0 spiro atoms. The lowest BCUT2D eigenvalue weighted by atomic mass is 9.63. The van der Waals surface area contributed by atoms with Gasteiger partial charge in [-0.15, -0.1) is 0 Å². The lowest BCUT2D eigenvalue weighted by Gasteiger charge is -2.42. The number of allylic oxidation sites excluding steroid dienone is 1. The van der Waals surface area contributed by atoms with Gasteiger partial charge in [0.1, 0.15) is 0 Å². The quantitative estimate of drug-likeness (QED) is 0.669. The average Bonchev–Trinajstić information content (AvgIpc) is 2.57. The van der Waals surface area contributed by atoms with Gasteiger partial charge in [-0.3, -0.25) is 0 Å². The minimum atomic E-state index is 0.253. The van der Waals surface area contributed by atoms with Crippen molar-refractivity contribution in [2.75, 3.05) is 6.61 Å². The summed E-state index contributed by atoms with van der Waals surface area (Å²) in [6.45, 7) is 9.57. The Morgan fingerprint density at radius 2 is 2.06 bits per heavy atom. The van der Waals surface area contributed by atoms with E-state index in [1.165, 1.54) is 31.3 Å². The maximum atomic E-state index is 9.39. The molecule has 2 aliphatic carbocycles. The second-order valence-electron chi connectivity index (χ2n) is 6.83. The second-order valence-corrected chi connectivity index (χ2v) is 6.83. The van der Waals surface area contributed by atoms with Crippen molar-refractivity contribution in [1.82, 2.24) is 0 Å². The van der Waals surface area contributed by atoms with Crippen molar-refractivity contribution in [2.24, 2.45) is 23.2 Å². The van der Waals surface area contributed by atoms with Gasteiger partial charge in [-0.05, 0) is 61.3 Å². The predicted molar refractivity (Wildman–Crippen MR) is 68.2 cm³/mol. The summed E-state index contributed by atoms with van der Waals surface area (Å²) < 4.78 is 0. The van der Waals surface area contributed by atoms with Crippen LogP contribution in [0.5, 0.6) is 0 Å². The fourth-order valence-electron chi connectivity index (χ4n) is 3.97. The first-order valence-electron chi connectivity index (χ1n) is 6.74. The van der Waals surface area contributed by atoms with E-state index in [0.29, 0.717) is 5.41 Å². The van der Waals surface area contributed by atoms with Gasteiger partial charge in [0.25, 0.3) is 0 Å². The van der Waals surface area contributed by atoms with Crippen LogP contribution in [0.3, 0.4) is 0 Å². The molecule has 2 fully saturated rings. The Morgan fingerprint density at radius 3 is 2.69 bits per heavy atom. The summed E-state index contributed by atoms with van der Waals surface area (Å²) in [7, 11) is 0. The number of aliphatic hydroxyl groups is 1. The summed E-state index contributed by atoms with van der Waals surface area (Å²) in [5.74, 6) is 2.54. The zero-order chi connectivity index (χ0) is 11.9. The molecule has 0 unspecified atom stereocenters. The van der Waals surface area contributed by atoms with Gasteiger partial charge in [-0.1, -0.05) is 26.3 Å². The fourth-order valence-corrected chi connectivity index (χ4v) is 3.97. The van der Waals surface area contributed by atoms with E-state index in [1.807, 2.05) is 0 Å². The standard InChI is InChI=1S/C15H26O/c1-10-5-6-12-13(10)7-15(3,4)8-14(12)11(2)9-16/h10,12-13,16H,5-9H2,1-4H3/t10-,12-,13-/m0/s1. The maximum absolute atomic E-state index is 9.39. The van der Waals surface area contributed by atoms with Crippen molar-refractivity contribution in [3.63, 3.8) is 0 Å². The van der Waals surface area contributed by atoms with Gasteiger partial charge in [0.15, 0.2) is 0 Å². The number of hydrogen-bond donors (Lipinski definition) is 1. The van der Waals surface area contributed by atoms with Crippen LogP contribution in [0.25, 0.3) is 0 Å². The molecule has 0 aliphatic heterocycles. The largest absolute Gasteiger partial charge is 0.392 e. The van der Waals surface area contributed by atoms with Crippen LogP contribution in [0.15, 0.2) is 11.1 Å². The third-order valence-electron chi connectivity index (χ3n) is 4.87. The number of aliphatic hydroxyl groups excluding tert-OH is 1. The molecule has 92 valence electrons. The summed E-state index contributed by atoms with van der Waals surface area (Å²) in [6, 6.07) is 0. The monoisotopic (exact) mass is 222 g/mol. The van der Waals surface area contributed by atoms with Gasteiger partial charge in [-0.2, -0.15) is 0 Å². The van der Waals surface area contributed by atoms with Gasteiger partial charge in [0, 0.05) is 0 Å². The Balaban J connectivity index is 2.32. The van der Waals surface area contributed by atoms with Crippen molar-refractivity contribution >= 4 is 0 Å². The molecule has 2 aliphatic rings. The van der Waals surface area contributed by atoms with Gasteiger partial charge in [0.05, 0.1) is 6.61 Å². The van der Waals surface area contributed by atoms with Crippen LogP contribution < -0.4 is 0 Å². The molecule has 1 nitrogen and oxygen atoms in total. The van der Waals surface area contributed by atoms with E-state index in [1.54, 1.807) is 5.57 Å². The normalized spacial score (nSPS) is 40.7. The van der Waals surface area contributed by atoms with E-state index in [4.69, 9.17) is 0 Å². The molecule has 0 heterocycles. The van der Waals surface area contributed by atoms with Crippen LogP contribution in [0.1, 0.15) is 53.4 Å². The van der Waals surface area contributed by atoms with Crippen LogP contribution in [-0.4, -0.2) is 11.7 Å². The molecule has 1 N–H and O–H groups in total. The summed E-state index contributed by atoms with van der Waals surface area (Å²) in [5, 5.41) is 9.39. The highest BCUT2D eigenvalue weighted by molar-refractivity contribution is 5.22. The highest BCUT2D eigenvalue weighted by Gasteiger charge is 2.44. The Hall–Kier alpha value is -0.300. The first kappa shape index (κ1) is 12.2. The van der Waals surface area contributed by atoms with Crippen molar-refractivity contribution in [3.05, 3.63) is 11.1 Å². The van der Waals surface area contributed by atoms with E-state index in [0.717, 1.165) is 17.8 Å². The molecule has 2 rings (SSSR count). The summed E-state index contributed by atoms with van der Waals surface area (Å²) in [4.78, 5) is 0. The molecule has 1 heteroatoms. The Bertz CT molecular complexity index is 301. The van der Waals surface area contributed by atoms with Crippen LogP contribution in [0.2, 0.25) is 0 Å². The van der Waals surface area contributed by atoms with Crippen molar-refractivity contribution in [2.45, 2.75) is 53.4 Å². The van der Waals surface area contributed by atoms with Crippen LogP contribution in [0.4, 0.5) is 0 Å². The Morgan fingerprint density at radius 1 is 1.38 bits per heavy atom. The third-order valence-corrected chi connectivity index (χ3v) is 4.87. The smallest absolute Gasteiger partial charge is 0.0641 e. The molecular weight excluding hydrogens is 196 g/mol. The fraction of sp³-hybridized carbons (Fsp3) is 0.867. The molecule has 16 heavy (non-hydrogen) atoms.